The fourth-order valence-corrected chi connectivity index (χ4v) is 2.48. The van der Waals surface area contributed by atoms with Gasteiger partial charge in [0.25, 0.3) is 0 Å². The van der Waals surface area contributed by atoms with Gasteiger partial charge in [-0.3, -0.25) is 0 Å². The molecule has 0 saturated heterocycles. The van der Waals surface area contributed by atoms with Crippen LogP contribution in [0.3, 0.4) is 0 Å². The molecule has 0 unspecified atom stereocenters. The van der Waals surface area contributed by atoms with Crippen molar-refractivity contribution in [2.24, 2.45) is 5.10 Å². The van der Waals surface area contributed by atoms with Crippen molar-refractivity contribution in [3.63, 3.8) is 0 Å². The summed E-state index contributed by atoms with van der Waals surface area (Å²) in [5.74, 6) is 1.16. The molecule has 2 aromatic rings. The summed E-state index contributed by atoms with van der Waals surface area (Å²) in [5, 5.41) is 6.57. The van der Waals surface area contributed by atoms with E-state index in [2.05, 4.69) is 31.8 Å². The van der Waals surface area contributed by atoms with E-state index in [0.717, 1.165) is 10.0 Å². The number of para-hydroxylation sites is 1. The number of nitrogens with zero attached hydrogens (tertiary/aromatic N) is 1. The third-order valence-electron chi connectivity index (χ3n) is 2.87. The van der Waals surface area contributed by atoms with Gasteiger partial charge < -0.3 is 14.8 Å². The van der Waals surface area contributed by atoms with E-state index in [-0.39, 0.29) is 0 Å². The smallest absolute Gasteiger partial charge is 0.339 e. The van der Waals surface area contributed by atoms with E-state index in [9.17, 15) is 4.79 Å². The first-order chi connectivity index (χ1) is 11.1. The molecule has 2 N–H and O–H groups in total. The Morgan fingerprint density at radius 2 is 1.91 bits per heavy atom. The molecule has 2 aromatic carbocycles. The second-order valence-corrected chi connectivity index (χ2v) is 5.28. The van der Waals surface area contributed by atoms with Gasteiger partial charge >= 0.3 is 6.03 Å². The number of hydrogen-bond acceptors (Lipinski definition) is 4. The lowest BCUT2D eigenvalue weighted by Crippen LogP contribution is -2.24. The molecule has 0 aliphatic heterocycles. The van der Waals surface area contributed by atoms with E-state index < -0.39 is 6.03 Å². The van der Waals surface area contributed by atoms with Gasteiger partial charge in [-0.25, -0.2) is 10.2 Å². The van der Waals surface area contributed by atoms with Gasteiger partial charge in [0.1, 0.15) is 0 Å². The Morgan fingerprint density at radius 3 is 2.57 bits per heavy atom. The number of rotatable bonds is 5. The highest BCUT2D eigenvalue weighted by Gasteiger charge is 2.09. The standard InChI is InChI=1S/C16H16BrN3O3/c1-22-14-9-11(8-13(17)15(14)23-2)10-18-20-16(21)19-12-6-4-3-5-7-12/h3-10H,1-2H3,(H2,19,20,21)/b18-10+. The average Bonchev–Trinajstić information content (AvgIpc) is 2.55. The number of hydrazone groups is 1. The number of hydrogen-bond donors (Lipinski definition) is 2. The normalized spacial score (nSPS) is 10.4. The molecular weight excluding hydrogens is 362 g/mol. The predicted octanol–water partition coefficient (Wildman–Crippen LogP) is 3.62. The first-order valence-corrected chi connectivity index (χ1v) is 7.50. The van der Waals surface area contributed by atoms with Crippen molar-refractivity contribution in [3.8, 4) is 11.5 Å². The third-order valence-corrected chi connectivity index (χ3v) is 3.46. The first-order valence-electron chi connectivity index (χ1n) is 6.70. The Kier molecular flexibility index (Phi) is 5.99. The van der Waals surface area contributed by atoms with Crippen molar-refractivity contribution in [3.05, 3.63) is 52.5 Å². The lowest BCUT2D eigenvalue weighted by atomic mass is 10.2. The van der Waals surface area contributed by atoms with Crippen molar-refractivity contribution in [1.29, 1.82) is 0 Å². The molecule has 0 heterocycles. The van der Waals surface area contributed by atoms with E-state index >= 15 is 0 Å². The Morgan fingerprint density at radius 1 is 1.17 bits per heavy atom. The van der Waals surface area contributed by atoms with Crippen LogP contribution < -0.4 is 20.2 Å². The van der Waals surface area contributed by atoms with Gasteiger partial charge in [-0.2, -0.15) is 5.10 Å². The number of amides is 2. The molecular formula is C16H16BrN3O3. The zero-order valence-corrected chi connectivity index (χ0v) is 14.3. The molecule has 0 aromatic heterocycles. The molecule has 0 atom stereocenters. The van der Waals surface area contributed by atoms with Crippen LogP contribution in [0.4, 0.5) is 10.5 Å². The largest absolute Gasteiger partial charge is 0.493 e. The number of ether oxygens (including phenoxy) is 2. The molecule has 0 bridgehead atoms. The molecule has 0 spiro atoms. The van der Waals surface area contributed by atoms with Crippen LogP contribution in [0.5, 0.6) is 11.5 Å². The number of carbonyl (C=O) groups is 1. The Hall–Kier alpha value is -2.54. The van der Waals surface area contributed by atoms with Gasteiger partial charge in [-0.1, -0.05) is 18.2 Å². The van der Waals surface area contributed by atoms with E-state index in [0.29, 0.717) is 17.2 Å². The highest BCUT2D eigenvalue weighted by Crippen LogP contribution is 2.35. The number of benzene rings is 2. The number of carbonyl (C=O) groups excluding carboxylic acids is 1. The summed E-state index contributed by atoms with van der Waals surface area (Å²) in [7, 11) is 3.11. The van der Waals surface area contributed by atoms with Crippen molar-refractivity contribution in [1.82, 2.24) is 5.43 Å². The Balaban J connectivity index is 2.00. The maximum absolute atomic E-state index is 11.7. The van der Waals surface area contributed by atoms with Crippen molar-refractivity contribution in [2.75, 3.05) is 19.5 Å². The second-order valence-electron chi connectivity index (χ2n) is 4.43. The van der Waals surface area contributed by atoms with Crippen molar-refractivity contribution < 1.29 is 14.3 Å². The number of halogens is 1. The number of anilines is 1. The molecule has 0 saturated carbocycles. The lowest BCUT2D eigenvalue weighted by molar-refractivity contribution is 0.252. The molecule has 2 rings (SSSR count). The molecule has 2 amide bonds. The van der Waals surface area contributed by atoms with Gasteiger partial charge in [0.2, 0.25) is 0 Å². The number of urea groups is 1. The Labute approximate surface area is 142 Å². The van der Waals surface area contributed by atoms with E-state index in [1.165, 1.54) is 6.21 Å². The number of nitrogens with one attached hydrogen (secondary N) is 2. The molecule has 23 heavy (non-hydrogen) atoms. The summed E-state index contributed by atoms with van der Waals surface area (Å²) in [6, 6.07) is 12.2. The van der Waals surface area contributed by atoms with Gasteiger partial charge in [0, 0.05) is 5.69 Å². The van der Waals surface area contributed by atoms with Crippen LogP contribution in [0, 0.1) is 0 Å². The van der Waals surface area contributed by atoms with Gasteiger partial charge in [-0.05, 0) is 45.8 Å². The molecule has 0 aliphatic carbocycles. The van der Waals surface area contributed by atoms with Gasteiger partial charge in [0.05, 0.1) is 24.9 Å². The summed E-state index contributed by atoms with van der Waals surface area (Å²) in [6.45, 7) is 0. The van der Waals surface area contributed by atoms with Crippen LogP contribution in [-0.2, 0) is 0 Å². The molecule has 120 valence electrons. The fourth-order valence-electron chi connectivity index (χ4n) is 1.86. The SMILES string of the molecule is COc1cc(/C=N/NC(=O)Nc2ccccc2)cc(Br)c1OC. The molecule has 6 nitrogen and oxygen atoms in total. The minimum Gasteiger partial charge on any atom is -0.493 e. The second kappa shape index (κ2) is 8.19. The van der Waals surface area contributed by atoms with Gasteiger partial charge in [0.15, 0.2) is 11.5 Å². The van der Waals surface area contributed by atoms with Crippen molar-refractivity contribution in [2.45, 2.75) is 0 Å². The Bertz CT molecular complexity index is 705. The lowest BCUT2D eigenvalue weighted by Gasteiger charge is -2.10. The highest BCUT2D eigenvalue weighted by atomic mass is 79.9. The molecule has 0 aliphatic rings. The number of methoxy groups -OCH3 is 2. The fraction of sp³-hybridized carbons (Fsp3) is 0.125. The molecule has 7 heteroatoms. The summed E-state index contributed by atoms with van der Waals surface area (Å²) < 4.78 is 11.2. The summed E-state index contributed by atoms with van der Waals surface area (Å²) in [6.07, 6.45) is 1.51. The minimum absolute atomic E-state index is 0.424. The summed E-state index contributed by atoms with van der Waals surface area (Å²) in [4.78, 5) is 11.7. The molecule has 0 fully saturated rings. The van der Waals surface area contributed by atoms with Crippen molar-refractivity contribution >= 4 is 33.9 Å². The first kappa shape index (κ1) is 16.8. The monoisotopic (exact) mass is 377 g/mol. The van der Waals surface area contributed by atoms with Gasteiger partial charge in [-0.15, -0.1) is 0 Å². The third kappa shape index (κ3) is 4.72. The van der Waals surface area contributed by atoms with Crippen LogP contribution in [0.1, 0.15) is 5.56 Å². The maximum Gasteiger partial charge on any atom is 0.339 e. The van der Waals surface area contributed by atoms with E-state index in [4.69, 9.17) is 9.47 Å². The van der Waals surface area contributed by atoms with Crippen LogP contribution >= 0.6 is 15.9 Å². The van der Waals surface area contributed by atoms with Crippen LogP contribution in [-0.4, -0.2) is 26.5 Å². The average molecular weight is 378 g/mol. The summed E-state index contributed by atoms with van der Waals surface area (Å²) >= 11 is 3.40. The maximum atomic E-state index is 11.7. The highest BCUT2D eigenvalue weighted by molar-refractivity contribution is 9.10. The van der Waals surface area contributed by atoms with E-state index in [1.807, 2.05) is 24.3 Å². The van der Waals surface area contributed by atoms with Crippen LogP contribution in [0.25, 0.3) is 0 Å². The zero-order chi connectivity index (χ0) is 16.7. The van der Waals surface area contributed by atoms with E-state index in [1.54, 1.807) is 32.4 Å². The topological polar surface area (TPSA) is 72.0 Å². The predicted molar refractivity (Wildman–Crippen MR) is 93.4 cm³/mol. The summed E-state index contributed by atoms with van der Waals surface area (Å²) in [5.41, 5.74) is 3.83. The van der Waals surface area contributed by atoms with Crippen LogP contribution in [0.2, 0.25) is 0 Å². The quantitative estimate of drug-likeness (QED) is 0.617. The zero-order valence-electron chi connectivity index (χ0n) is 12.7. The molecule has 0 radical (unpaired) electrons. The van der Waals surface area contributed by atoms with Crippen LogP contribution in [0.15, 0.2) is 52.0 Å². The minimum atomic E-state index is -0.424.